The standard InChI is InChI=1S/C14H14OS2/c1-16-12-6-4-7-13(9-12)17-14-8-3-2-5-11(14)10-15/h2-9,15H,10H2,1H3. The molecule has 2 rings (SSSR count). The molecule has 0 unspecified atom stereocenters. The van der Waals surface area contributed by atoms with Gasteiger partial charge in [0.1, 0.15) is 0 Å². The summed E-state index contributed by atoms with van der Waals surface area (Å²) in [6, 6.07) is 16.4. The fraction of sp³-hybridized carbons (Fsp3) is 0.143. The predicted molar refractivity (Wildman–Crippen MR) is 74.7 cm³/mol. The highest BCUT2D eigenvalue weighted by atomic mass is 32.2. The second-order valence-corrected chi connectivity index (χ2v) is 5.54. The Labute approximate surface area is 110 Å². The lowest BCUT2D eigenvalue weighted by molar-refractivity contribution is 0.279. The molecule has 0 fully saturated rings. The molecule has 0 radical (unpaired) electrons. The van der Waals surface area contributed by atoms with Gasteiger partial charge in [-0.1, -0.05) is 36.0 Å². The van der Waals surface area contributed by atoms with Crippen molar-refractivity contribution in [1.29, 1.82) is 0 Å². The van der Waals surface area contributed by atoms with Crippen LogP contribution >= 0.6 is 23.5 Å². The maximum Gasteiger partial charge on any atom is 0.0692 e. The van der Waals surface area contributed by atoms with Crippen LogP contribution in [0.25, 0.3) is 0 Å². The van der Waals surface area contributed by atoms with Crippen molar-refractivity contribution in [2.75, 3.05) is 6.26 Å². The zero-order valence-corrected chi connectivity index (χ0v) is 11.2. The molecule has 2 aromatic rings. The third-order valence-corrected chi connectivity index (χ3v) is 4.25. The summed E-state index contributed by atoms with van der Waals surface area (Å²) in [5.41, 5.74) is 0.979. The van der Waals surface area contributed by atoms with Crippen molar-refractivity contribution >= 4 is 23.5 Å². The molecule has 0 aliphatic rings. The van der Waals surface area contributed by atoms with E-state index < -0.39 is 0 Å². The van der Waals surface area contributed by atoms with Crippen molar-refractivity contribution < 1.29 is 5.11 Å². The monoisotopic (exact) mass is 262 g/mol. The molecular formula is C14H14OS2. The van der Waals surface area contributed by atoms with Crippen LogP contribution in [-0.2, 0) is 6.61 Å². The summed E-state index contributed by atoms with van der Waals surface area (Å²) in [4.78, 5) is 3.59. The van der Waals surface area contributed by atoms with Crippen molar-refractivity contribution in [3.05, 3.63) is 54.1 Å². The first-order valence-electron chi connectivity index (χ1n) is 5.34. The summed E-state index contributed by atoms with van der Waals surface area (Å²) in [5, 5.41) is 9.28. The molecule has 0 aromatic heterocycles. The van der Waals surface area contributed by atoms with Gasteiger partial charge in [-0.2, -0.15) is 0 Å². The average Bonchev–Trinajstić information content (AvgIpc) is 2.39. The smallest absolute Gasteiger partial charge is 0.0692 e. The normalized spacial score (nSPS) is 10.5. The number of aliphatic hydroxyl groups is 1. The van der Waals surface area contributed by atoms with Crippen LogP contribution in [0.3, 0.4) is 0 Å². The summed E-state index contributed by atoms with van der Waals surface area (Å²) in [6.45, 7) is 0.0887. The number of rotatable bonds is 4. The Hall–Kier alpha value is -0.900. The van der Waals surface area contributed by atoms with E-state index in [-0.39, 0.29) is 6.61 Å². The summed E-state index contributed by atoms with van der Waals surface area (Å²) >= 11 is 3.44. The largest absolute Gasteiger partial charge is 0.392 e. The van der Waals surface area contributed by atoms with E-state index in [2.05, 4.69) is 30.5 Å². The van der Waals surface area contributed by atoms with Crippen molar-refractivity contribution in [3.63, 3.8) is 0 Å². The Morgan fingerprint density at radius 2 is 1.76 bits per heavy atom. The molecule has 0 saturated carbocycles. The second-order valence-electron chi connectivity index (χ2n) is 3.55. The molecular weight excluding hydrogens is 248 g/mol. The Kier molecular flexibility index (Phi) is 4.54. The number of aliphatic hydroxyl groups excluding tert-OH is 1. The van der Waals surface area contributed by atoms with Crippen LogP contribution in [0, 0.1) is 0 Å². The zero-order valence-electron chi connectivity index (χ0n) is 9.59. The maximum absolute atomic E-state index is 9.28. The maximum atomic E-state index is 9.28. The predicted octanol–water partition coefficient (Wildman–Crippen LogP) is 4.05. The Bertz CT molecular complexity index is 497. The van der Waals surface area contributed by atoms with Crippen molar-refractivity contribution in [2.45, 2.75) is 21.3 Å². The molecule has 0 spiro atoms. The van der Waals surface area contributed by atoms with Crippen LogP contribution in [0.4, 0.5) is 0 Å². The van der Waals surface area contributed by atoms with E-state index in [9.17, 15) is 5.11 Å². The molecule has 0 amide bonds. The average molecular weight is 262 g/mol. The van der Waals surface area contributed by atoms with E-state index in [1.54, 1.807) is 23.5 Å². The van der Waals surface area contributed by atoms with Gasteiger partial charge >= 0.3 is 0 Å². The lowest BCUT2D eigenvalue weighted by Crippen LogP contribution is -1.86. The summed E-state index contributed by atoms with van der Waals surface area (Å²) < 4.78 is 0. The number of thioether (sulfide) groups is 1. The minimum absolute atomic E-state index is 0.0887. The molecule has 0 saturated heterocycles. The Morgan fingerprint density at radius 3 is 2.53 bits per heavy atom. The van der Waals surface area contributed by atoms with E-state index in [0.29, 0.717) is 0 Å². The molecule has 1 N–H and O–H groups in total. The van der Waals surface area contributed by atoms with Crippen LogP contribution in [0.2, 0.25) is 0 Å². The molecule has 2 aromatic carbocycles. The molecule has 88 valence electrons. The molecule has 0 aliphatic heterocycles. The van der Waals surface area contributed by atoms with Crippen LogP contribution < -0.4 is 0 Å². The highest BCUT2D eigenvalue weighted by Gasteiger charge is 2.03. The second kappa shape index (κ2) is 6.15. The van der Waals surface area contributed by atoms with Gasteiger partial charge in [-0.3, -0.25) is 0 Å². The third-order valence-electron chi connectivity index (χ3n) is 2.41. The highest BCUT2D eigenvalue weighted by molar-refractivity contribution is 7.99. The molecule has 0 bridgehead atoms. The van der Waals surface area contributed by atoms with Gasteiger partial charge in [-0.25, -0.2) is 0 Å². The molecule has 0 atom stereocenters. The summed E-state index contributed by atoms with van der Waals surface area (Å²) in [7, 11) is 0. The van der Waals surface area contributed by atoms with Crippen LogP contribution in [-0.4, -0.2) is 11.4 Å². The molecule has 3 heteroatoms. The SMILES string of the molecule is CSc1cccc(Sc2ccccc2CO)c1. The molecule has 0 aliphatic carbocycles. The van der Waals surface area contributed by atoms with Gasteiger partial charge in [0.05, 0.1) is 6.61 Å². The third kappa shape index (κ3) is 3.28. The first-order chi connectivity index (χ1) is 8.33. The zero-order chi connectivity index (χ0) is 12.1. The highest BCUT2D eigenvalue weighted by Crippen LogP contribution is 2.32. The quantitative estimate of drug-likeness (QED) is 0.839. The Morgan fingerprint density at radius 1 is 1.00 bits per heavy atom. The topological polar surface area (TPSA) is 20.2 Å². The first kappa shape index (κ1) is 12.6. The summed E-state index contributed by atoms with van der Waals surface area (Å²) in [5.74, 6) is 0. The van der Waals surface area contributed by atoms with E-state index >= 15 is 0 Å². The van der Waals surface area contributed by atoms with Gasteiger partial charge in [0.2, 0.25) is 0 Å². The summed E-state index contributed by atoms with van der Waals surface area (Å²) in [6.07, 6.45) is 2.07. The number of hydrogen-bond donors (Lipinski definition) is 1. The molecule has 17 heavy (non-hydrogen) atoms. The van der Waals surface area contributed by atoms with Gasteiger partial charge in [-0.15, -0.1) is 11.8 Å². The number of hydrogen-bond acceptors (Lipinski definition) is 3. The first-order valence-corrected chi connectivity index (χ1v) is 7.38. The molecule has 1 nitrogen and oxygen atoms in total. The van der Waals surface area contributed by atoms with E-state index in [1.807, 2.05) is 24.3 Å². The van der Waals surface area contributed by atoms with Crippen molar-refractivity contribution in [2.24, 2.45) is 0 Å². The fourth-order valence-electron chi connectivity index (χ4n) is 1.53. The van der Waals surface area contributed by atoms with Gasteiger partial charge in [0, 0.05) is 14.7 Å². The lowest BCUT2D eigenvalue weighted by atomic mass is 10.2. The lowest BCUT2D eigenvalue weighted by Gasteiger charge is -2.07. The van der Waals surface area contributed by atoms with Gasteiger partial charge in [0.15, 0.2) is 0 Å². The van der Waals surface area contributed by atoms with Gasteiger partial charge < -0.3 is 5.11 Å². The van der Waals surface area contributed by atoms with Crippen LogP contribution in [0.5, 0.6) is 0 Å². The minimum Gasteiger partial charge on any atom is -0.392 e. The van der Waals surface area contributed by atoms with Crippen LogP contribution in [0.15, 0.2) is 63.2 Å². The van der Waals surface area contributed by atoms with Gasteiger partial charge in [-0.05, 0) is 36.1 Å². The molecule has 0 heterocycles. The number of benzene rings is 2. The van der Waals surface area contributed by atoms with Crippen molar-refractivity contribution in [1.82, 2.24) is 0 Å². The van der Waals surface area contributed by atoms with E-state index in [0.717, 1.165) is 10.5 Å². The van der Waals surface area contributed by atoms with Gasteiger partial charge in [0.25, 0.3) is 0 Å². The van der Waals surface area contributed by atoms with E-state index in [1.165, 1.54) is 9.79 Å². The van der Waals surface area contributed by atoms with E-state index in [4.69, 9.17) is 0 Å². The van der Waals surface area contributed by atoms with Crippen molar-refractivity contribution in [3.8, 4) is 0 Å². The fourth-order valence-corrected chi connectivity index (χ4v) is 3.06. The Balaban J connectivity index is 2.24. The van der Waals surface area contributed by atoms with Crippen LogP contribution in [0.1, 0.15) is 5.56 Å². The minimum atomic E-state index is 0.0887.